The SMILES string of the molecule is CC1(C)COC(CC(=O)O)OC1. The first-order valence-electron chi connectivity index (χ1n) is 3.95. The number of aliphatic carboxylic acids is 1. The molecule has 1 heterocycles. The third-order valence-electron chi connectivity index (χ3n) is 1.66. The highest BCUT2D eigenvalue weighted by atomic mass is 16.7. The van der Waals surface area contributed by atoms with Gasteiger partial charge in [0.25, 0.3) is 0 Å². The van der Waals surface area contributed by atoms with E-state index in [1.807, 2.05) is 13.8 Å². The third kappa shape index (κ3) is 2.79. The number of rotatable bonds is 2. The molecule has 0 spiro atoms. The lowest BCUT2D eigenvalue weighted by atomic mass is 9.95. The van der Waals surface area contributed by atoms with E-state index in [4.69, 9.17) is 14.6 Å². The second-order valence-corrected chi connectivity index (χ2v) is 3.81. The number of hydrogen-bond donors (Lipinski definition) is 1. The molecule has 0 aromatic heterocycles. The largest absolute Gasteiger partial charge is 0.481 e. The van der Waals surface area contributed by atoms with Gasteiger partial charge in [-0.05, 0) is 0 Å². The Morgan fingerprint density at radius 3 is 2.42 bits per heavy atom. The molecule has 1 N–H and O–H groups in total. The molecule has 0 radical (unpaired) electrons. The van der Waals surface area contributed by atoms with Crippen molar-refractivity contribution in [1.29, 1.82) is 0 Å². The molecular weight excluding hydrogens is 160 g/mol. The van der Waals surface area contributed by atoms with Crippen LogP contribution in [0, 0.1) is 5.41 Å². The van der Waals surface area contributed by atoms with Crippen LogP contribution in [0.4, 0.5) is 0 Å². The minimum absolute atomic E-state index is 0.00893. The van der Waals surface area contributed by atoms with E-state index in [2.05, 4.69) is 0 Å². The first-order chi connectivity index (χ1) is 5.49. The molecule has 1 saturated heterocycles. The Balaban J connectivity index is 2.31. The van der Waals surface area contributed by atoms with Crippen molar-refractivity contribution in [3.63, 3.8) is 0 Å². The Hall–Kier alpha value is -0.610. The number of ether oxygens (including phenoxy) is 2. The van der Waals surface area contributed by atoms with Gasteiger partial charge >= 0.3 is 5.97 Å². The molecule has 0 aromatic rings. The molecule has 1 aliphatic rings. The monoisotopic (exact) mass is 174 g/mol. The lowest BCUT2D eigenvalue weighted by molar-refractivity contribution is -0.225. The molecule has 4 heteroatoms. The molecular formula is C8H14O4. The molecule has 0 atom stereocenters. The number of carbonyl (C=O) groups is 1. The number of carboxylic acids is 1. The van der Waals surface area contributed by atoms with Gasteiger partial charge in [-0.1, -0.05) is 13.8 Å². The van der Waals surface area contributed by atoms with E-state index in [0.29, 0.717) is 13.2 Å². The van der Waals surface area contributed by atoms with E-state index in [1.165, 1.54) is 0 Å². The van der Waals surface area contributed by atoms with Gasteiger partial charge in [0.1, 0.15) is 0 Å². The highest BCUT2D eigenvalue weighted by molar-refractivity contribution is 5.67. The first-order valence-corrected chi connectivity index (χ1v) is 3.95. The van der Waals surface area contributed by atoms with Crippen molar-refractivity contribution in [3.05, 3.63) is 0 Å². The second kappa shape index (κ2) is 3.41. The summed E-state index contributed by atoms with van der Waals surface area (Å²) in [5.41, 5.74) is 0.00893. The maximum atomic E-state index is 10.3. The molecule has 70 valence electrons. The van der Waals surface area contributed by atoms with E-state index in [1.54, 1.807) is 0 Å². The van der Waals surface area contributed by atoms with Crippen LogP contribution in [0.25, 0.3) is 0 Å². The normalized spacial score (nSPS) is 23.8. The van der Waals surface area contributed by atoms with Crippen LogP contribution in [0.1, 0.15) is 20.3 Å². The fourth-order valence-electron chi connectivity index (χ4n) is 0.987. The summed E-state index contributed by atoms with van der Waals surface area (Å²) in [5.74, 6) is -0.889. The Labute approximate surface area is 71.5 Å². The third-order valence-corrected chi connectivity index (χ3v) is 1.66. The molecule has 0 unspecified atom stereocenters. The van der Waals surface area contributed by atoms with Crippen LogP contribution < -0.4 is 0 Å². The fourth-order valence-corrected chi connectivity index (χ4v) is 0.987. The van der Waals surface area contributed by atoms with Gasteiger partial charge in [0.15, 0.2) is 6.29 Å². The molecule has 1 aliphatic heterocycles. The van der Waals surface area contributed by atoms with Gasteiger partial charge in [0.2, 0.25) is 0 Å². The van der Waals surface area contributed by atoms with Crippen LogP contribution in [-0.4, -0.2) is 30.6 Å². The lowest BCUT2D eigenvalue weighted by Gasteiger charge is -2.33. The van der Waals surface area contributed by atoms with Crippen LogP contribution in [0.3, 0.4) is 0 Å². The minimum atomic E-state index is -0.889. The molecule has 0 amide bonds. The number of carboxylic acid groups (broad SMARTS) is 1. The topological polar surface area (TPSA) is 55.8 Å². The highest BCUT2D eigenvalue weighted by Gasteiger charge is 2.29. The zero-order valence-electron chi connectivity index (χ0n) is 7.37. The Kier molecular flexibility index (Phi) is 2.69. The summed E-state index contributed by atoms with van der Waals surface area (Å²) in [5, 5.41) is 8.44. The predicted octanol–water partition coefficient (Wildman–Crippen LogP) is 0.860. The fraction of sp³-hybridized carbons (Fsp3) is 0.875. The molecule has 0 bridgehead atoms. The molecule has 1 fully saturated rings. The molecule has 0 aliphatic carbocycles. The zero-order valence-corrected chi connectivity index (χ0v) is 7.37. The van der Waals surface area contributed by atoms with Crippen molar-refractivity contribution in [3.8, 4) is 0 Å². The van der Waals surface area contributed by atoms with Gasteiger partial charge in [-0.25, -0.2) is 0 Å². The predicted molar refractivity (Wildman–Crippen MR) is 41.7 cm³/mol. The van der Waals surface area contributed by atoms with Crippen LogP contribution in [-0.2, 0) is 14.3 Å². The Bertz CT molecular complexity index is 166. The average Bonchev–Trinajstić information content (AvgIpc) is 1.93. The van der Waals surface area contributed by atoms with E-state index in [-0.39, 0.29) is 11.8 Å². The van der Waals surface area contributed by atoms with Crippen molar-refractivity contribution >= 4 is 5.97 Å². The van der Waals surface area contributed by atoms with E-state index >= 15 is 0 Å². The van der Waals surface area contributed by atoms with Crippen LogP contribution in [0.2, 0.25) is 0 Å². The minimum Gasteiger partial charge on any atom is -0.481 e. The molecule has 1 rings (SSSR count). The van der Waals surface area contributed by atoms with Gasteiger partial charge in [-0.15, -0.1) is 0 Å². The van der Waals surface area contributed by atoms with Gasteiger partial charge in [0, 0.05) is 5.41 Å². The summed E-state index contributed by atoms with van der Waals surface area (Å²) in [6, 6.07) is 0. The quantitative estimate of drug-likeness (QED) is 0.674. The Morgan fingerprint density at radius 1 is 1.50 bits per heavy atom. The van der Waals surface area contributed by atoms with Crippen molar-refractivity contribution in [2.24, 2.45) is 5.41 Å². The molecule has 0 saturated carbocycles. The van der Waals surface area contributed by atoms with Crippen LogP contribution in [0.15, 0.2) is 0 Å². The van der Waals surface area contributed by atoms with Gasteiger partial charge < -0.3 is 14.6 Å². The van der Waals surface area contributed by atoms with E-state index in [0.717, 1.165) is 0 Å². The lowest BCUT2D eigenvalue weighted by Crippen LogP contribution is -2.38. The average molecular weight is 174 g/mol. The summed E-state index contributed by atoms with van der Waals surface area (Å²) >= 11 is 0. The maximum Gasteiger partial charge on any atom is 0.308 e. The molecule has 12 heavy (non-hydrogen) atoms. The van der Waals surface area contributed by atoms with Crippen molar-refractivity contribution in [1.82, 2.24) is 0 Å². The maximum absolute atomic E-state index is 10.3. The highest BCUT2D eigenvalue weighted by Crippen LogP contribution is 2.23. The summed E-state index contributed by atoms with van der Waals surface area (Å²) in [4.78, 5) is 10.3. The first kappa shape index (κ1) is 9.48. The van der Waals surface area contributed by atoms with E-state index < -0.39 is 12.3 Å². The standard InChI is InChI=1S/C8H14O4/c1-8(2)4-11-7(12-5-8)3-6(9)10/h7H,3-5H2,1-2H3,(H,9,10). The van der Waals surface area contributed by atoms with E-state index in [9.17, 15) is 4.79 Å². The van der Waals surface area contributed by atoms with Crippen molar-refractivity contribution in [2.75, 3.05) is 13.2 Å². The van der Waals surface area contributed by atoms with Crippen LogP contribution >= 0.6 is 0 Å². The molecule has 4 nitrogen and oxygen atoms in total. The van der Waals surface area contributed by atoms with Gasteiger partial charge in [0.05, 0.1) is 19.6 Å². The number of hydrogen-bond acceptors (Lipinski definition) is 3. The van der Waals surface area contributed by atoms with Crippen molar-refractivity contribution in [2.45, 2.75) is 26.6 Å². The van der Waals surface area contributed by atoms with Gasteiger partial charge in [-0.3, -0.25) is 4.79 Å². The van der Waals surface area contributed by atoms with Crippen LogP contribution in [0.5, 0.6) is 0 Å². The zero-order chi connectivity index (χ0) is 9.19. The summed E-state index contributed by atoms with van der Waals surface area (Å²) in [7, 11) is 0. The summed E-state index contributed by atoms with van der Waals surface area (Å²) in [6.07, 6.45) is -0.633. The summed E-state index contributed by atoms with van der Waals surface area (Å²) < 4.78 is 10.4. The molecule has 0 aromatic carbocycles. The smallest absolute Gasteiger partial charge is 0.308 e. The Morgan fingerprint density at radius 2 is 2.00 bits per heavy atom. The van der Waals surface area contributed by atoms with Gasteiger partial charge in [-0.2, -0.15) is 0 Å². The van der Waals surface area contributed by atoms with Crippen molar-refractivity contribution < 1.29 is 19.4 Å². The second-order valence-electron chi connectivity index (χ2n) is 3.81. The summed E-state index contributed by atoms with van der Waals surface area (Å²) in [6.45, 7) is 5.16.